The standard InChI is InChI=1S/C11H14N2OS/c12-11-9-2-1-8(14)3-7(9)4-13-6-15-5-10(11)13/h1-3,10-11,14H,4-6,12H2/t10-,11?/m1/s1. The molecule has 1 fully saturated rings. The van der Waals surface area contributed by atoms with Crippen molar-refractivity contribution in [1.82, 2.24) is 4.90 Å². The molecule has 0 aliphatic carbocycles. The van der Waals surface area contributed by atoms with Crippen molar-refractivity contribution in [2.45, 2.75) is 18.6 Å². The van der Waals surface area contributed by atoms with Crippen LogP contribution < -0.4 is 5.73 Å². The third-order valence-electron chi connectivity index (χ3n) is 3.29. The summed E-state index contributed by atoms with van der Waals surface area (Å²) in [5.74, 6) is 2.53. The van der Waals surface area contributed by atoms with E-state index in [-0.39, 0.29) is 6.04 Å². The van der Waals surface area contributed by atoms with Gasteiger partial charge in [-0.15, -0.1) is 11.8 Å². The lowest BCUT2D eigenvalue weighted by atomic mass is 9.91. The van der Waals surface area contributed by atoms with Gasteiger partial charge in [0.1, 0.15) is 5.75 Å². The maximum atomic E-state index is 9.45. The van der Waals surface area contributed by atoms with Crippen molar-refractivity contribution < 1.29 is 5.11 Å². The Morgan fingerprint density at radius 2 is 2.33 bits per heavy atom. The first-order valence-electron chi connectivity index (χ1n) is 5.15. The first-order valence-corrected chi connectivity index (χ1v) is 6.30. The van der Waals surface area contributed by atoms with E-state index >= 15 is 0 Å². The van der Waals surface area contributed by atoms with Crippen LogP contribution in [0.5, 0.6) is 5.75 Å². The number of hydrogen-bond donors (Lipinski definition) is 2. The molecule has 2 atom stereocenters. The Bertz CT molecular complexity index is 396. The van der Waals surface area contributed by atoms with Crippen molar-refractivity contribution in [3.63, 3.8) is 0 Å². The molecule has 2 aliphatic heterocycles. The molecule has 15 heavy (non-hydrogen) atoms. The first kappa shape index (κ1) is 9.51. The van der Waals surface area contributed by atoms with Crippen LogP contribution >= 0.6 is 11.8 Å². The van der Waals surface area contributed by atoms with Gasteiger partial charge in [-0.3, -0.25) is 4.90 Å². The topological polar surface area (TPSA) is 49.5 Å². The van der Waals surface area contributed by atoms with E-state index < -0.39 is 0 Å². The van der Waals surface area contributed by atoms with Crippen LogP contribution in [0.3, 0.4) is 0 Å². The minimum Gasteiger partial charge on any atom is -0.508 e. The van der Waals surface area contributed by atoms with Gasteiger partial charge < -0.3 is 10.8 Å². The fourth-order valence-corrected chi connectivity index (χ4v) is 3.75. The SMILES string of the molecule is NC1c2ccc(O)cc2CN2CSC[C@H]12. The first-order chi connectivity index (χ1) is 7.25. The van der Waals surface area contributed by atoms with Gasteiger partial charge in [-0.2, -0.15) is 0 Å². The normalized spacial score (nSPS) is 29.9. The van der Waals surface area contributed by atoms with Gasteiger partial charge in [0.2, 0.25) is 0 Å². The quantitative estimate of drug-likeness (QED) is 0.694. The number of nitrogens with zero attached hydrogens (tertiary/aromatic N) is 1. The van der Waals surface area contributed by atoms with Crippen LogP contribution in [0.4, 0.5) is 0 Å². The van der Waals surface area contributed by atoms with Gasteiger partial charge in [0.15, 0.2) is 0 Å². The van der Waals surface area contributed by atoms with Crippen molar-refractivity contribution in [3.05, 3.63) is 29.3 Å². The van der Waals surface area contributed by atoms with Gasteiger partial charge in [0.05, 0.1) is 0 Å². The summed E-state index contributed by atoms with van der Waals surface area (Å²) < 4.78 is 0. The fourth-order valence-electron chi connectivity index (χ4n) is 2.47. The van der Waals surface area contributed by atoms with E-state index in [2.05, 4.69) is 4.90 Å². The minimum atomic E-state index is 0.101. The van der Waals surface area contributed by atoms with Crippen LogP contribution in [0.25, 0.3) is 0 Å². The van der Waals surface area contributed by atoms with Crippen LogP contribution in [-0.2, 0) is 6.54 Å². The highest BCUT2D eigenvalue weighted by atomic mass is 32.2. The second-order valence-electron chi connectivity index (χ2n) is 4.22. The molecular weight excluding hydrogens is 208 g/mol. The lowest BCUT2D eigenvalue weighted by Gasteiger charge is -2.35. The van der Waals surface area contributed by atoms with Gasteiger partial charge in [-0.05, 0) is 23.3 Å². The van der Waals surface area contributed by atoms with E-state index in [1.807, 2.05) is 23.9 Å². The predicted octanol–water partition coefficient (Wildman–Crippen LogP) is 1.28. The molecule has 4 heteroatoms. The van der Waals surface area contributed by atoms with Gasteiger partial charge >= 0.3 is 0 Å². The van der Waals surface area contributed by atoms with Crippen LogP contribution in [0.1, 0.15) is 17.2 Å². The maximum absolute atomic E-state index is 9.45. The number of phenols is 1. The number of hydrogen-bond acceptors (Lipinski definition) is 4. The van der Waals surface area contributed by atoms with E-state index in [0.29, 0.717) is 11.8 Å². The summed E-state index contributed by atoms with van der Waals surface area (Å²) in [6.45, 7) is 0.926. The summed E-state index contributed by atoms with van der Waals surface area (Å²) in [6, 6.07) is 6.12. The molecule has 0 amide bonds. The molecule has 1 aromatic rings. The summed E-state index contributed by atoms with van der Waals surface area (Å²) in [7, 11) is 0. The number of fused-ring (bicyclic) bond motifs is 2. The number of thioether (sulfide) groups is 1. The van der Waals surface area contributed by atoms with Crippen molar-refractivity contribution in [2.24, 2.45) is 5.73 Å². The largest absolute Gasteiger partial charge is 0.508 e. The second-order valence-corrected chi connectivity index (χ2v) is 5.22. The number of rotatable bonds is 0. The zero-order valence-electron chi connectivity index (χ0n) is 8.39. The Morgan fingerprint density at radius 3 is 3.20 bits per heavy atom. The molecule has 1 aromatic carbocycles. The molecule has 0 aromatic heterocycles. The molecule has 2 heterocycles. The number of phenolic OH excluding ortho intramolecular Hbond substituents is 1. The fraction of sp³-hybridized carbons (Fsp3) is 0.455. The Labute approximate surface area is 93.3 Å². The van der Waals surface area contributed by atoms with Gasteiger partial charge in [0.25, 0.3) is 0 Å². The van der Waals surface area contributed by atoms with Gasteiger partial charge in [-0.1, -0.05) is 6.07 Å². The molecule has 0 saturated carbocycles. The highest BCUT2D eigenvalue weighted by molar-refractivity contribution is 7.99. The average molecular weight is 222 g/mol. The molecule has 3 rings (SSSR count). The zero-order valence-corrected chi connectivity index (χ0v) is 9.20. The highest BCUT2D eigenvalue weighted by Gasteiger charge is 2.36. The summed E-state index contributed by atoms with van der Waals surface area (Å²) in [6.07, 6.45) is 0. The van der Waals surface area contributed by atoms with E-state index in [0.717, 1.165) is 18.2 Å². The van der Waals surface area contributed by atoms with E-state index in [1.54, 1.807) is 6.07 Å². The summed E-state index contributed by atoms with van der Waals surface area (Å²) >= 11 is 1.94. The molecule has 2 aliphatic rings. The number of aromatic hydroxyl groups is 1. The van der Waals surface area contributed by atoms with Gasteiger partial charge in [0, 0.05) is 30.3 Å². The number of benzene rings is 1. The van der Waals surface area contributed by atoms with Gasteiger partial charge in [-0.25, -0.2) is 0 Å². The molecular formula is C11H14N2OS. The summed E-state index contributed by atoms with van der Waals surface area (Å²) in [4.78, 5) is 2.40. The zero-order chi connectivity index (χ0) is 10.4. The van der Waals surface area contributed by atoms with E-state index in [1.165, 1.54) is 11.1 Å². The Morgan fingerprint density at radius 1 is 1.47 bits per heavy atom. The Balaban J connectivity index is 2.04. The van der Waals surface area contributed by atoms with Crippen molar-refractivity contribution in [2.75, 3.05) is 11.6 Å². The van der Waals surface area contributed by atoms with Crippen molar-refractivity contribution >= 4 is 11.8 Å². The molecule has 0 bridgehead atoms. The molecule has 1 unspecified atom stereocenters. The van der Waals surface area contributed by atoms with Crippen molar-refractivity contribution in [3.8, 4) is 5.75 Å². The second kappa shape index (κ2) is 3.40. The molecule has 3 N–H and O–H groups in total. The predicted molar refractivity (Wildman–Crippen MR) is 61.7 cm³/mol. The van der Waals surface area contributed by atoms with E-state index in [4.69, 9.17) is 5.73 Å². The van der Waals surface area contributed by atoms with Crippen LogP contribution in [0, 0.1) is 0 Å². The summed E-state index contributed by atoms with van der Waals surface area (Å²) in [5.41, 5.74) is 8.63. The summed E-state index contributed by atoms with van der Waals surface area (Å²) in [5, 5.41) is 9.45. The lowest BCUT2D eigenvalue weighted by molar-refractivity contribution is 0.207. The highest BCUT2D eigenvalue weighted by Crippen LogP contribution is 2.37. The van der Waals surface area contributed by atoms with E-state index in [9.17, 15) is 5.11 Å². The molecule has 0 radical (unpaired) electrons. The monoisotopic (exact) mass is 222 g/mol. The number of nitrogens with two attached hydrogens (primary N) is 1. The van der Waals surface area contributed by atoms with Crippen LogP contribution in [0.2, 0.25) is 0 Å². The lowest BCUT2D eigenvalue weighted by Crippen LogP contribution is -2.43. The smallest absolute Gasteiger partial charge is 0.115 e. The molecule has 0 spiro atoms. The molecule has 3 nitrogen and oxygen atoms in total. The Hall–Kier alpha value is -0.710. The average Bonchev–Trinajstić information content (AvgIpc) is 2.65. The van der Waals surface area contributed by atoms with Crippen molar-refractivity contribution in [1.29, 1.82) is 0 Å². The van der Waals surface area contributed by atoms with Crippen LogP contribution in [0.15, 0.2) is 18.2 Å². The molecule has 1 saturated heterocycles. The van der Waals surface area contributed by atoms with Crippen LogP contribution in [-0.4, -0.2) is 27.7 Å². The maximum Gasteiger partial charge on any atom is 0.115 e. The Kier molecular flexibility index (Phi) is 2.16. The third-order valence-corrected chi connectivity index (χ3v) is 4.38. The molecule has 80 valence electrons. The third kappa shape index (κ3) is 1.44. The minimum absolute atomic E-state index is 0.101.